The van der Waals surface area contributed by atoms with E-state index in [-0.39, 0.29) is 11.9 Å². The highest BCUT2D eigenvalue weighted by Gasteiger charge is 2.48. The summed E-state index contributed by atoms with van der Waals surface area (Å²) in [5, 5.41) is 8.43. The number of benzene rings is 1. The molecular formula is C27H31N5O4. The fourth-order valence-electron chi connectivity index (χ4n) is 5.62. The van der Waals surface area contributed by atoms with E-state index in [0.717, 1.165) is 42.7 Å². The summed E-state index contributed by atoms with van der Waals surface area (Å²) in [5.74, 6) is 2.01. The van der Waals surface area contributed by atoms with Gasteiger partial charge in [-0.25, -0.2) is 15.2 Å². The molecule has 1 atom stereocenters. The predicted molar refractivity (Wildman–Crippen MR) is 134 cm³/mol. The molecule has 2 aromatic heterocycles. The minimum Gasteiger partial charge on any atom is -0.451 e. The van der Waals surface area contributed by atoms with Crippen molar-refractivity contribution < 1.29 is 18.7 Å². The number of carbonyl (C=O) groups excluding carboxylic acids is 2. The quantitative estimate of drug-likeness (QED) is 0.503. The summed E-state index contributed by atoms with van der Waals surface area (Å²) in [5.41, 5.74) is 3.17. The molecule has 1 aromatic carbocycles. The van der Waals surface area contributed by atoms with E-state index in [1.165, 1.54) is 12.8 Å². The SMILES string of the molecule is C[C@@H](CC1CCC2(CC1)OC(=O)NN=C2c1nccn1CC1CC1)NC(=O)c1cc2ccccc2o1. The van der Waals surface area contributed by atoms with Crippen LogP contribution in [0.4, 0.5) is 4.79 Å². The van der Waals surface area contributed by atoms with E-state index < -0.39 is 11.7 Å². The lowest BCUT2D eigenvalue weighted by Crippen LogP contribution is -2.53. The summed E-state index contributed by atoms with van der Waals surface area (Å²) in [6, 6.07) is 9.38. The van der Waals surface area contributed by atoms with E-state index in [2.05, 4.69) is 25.4 Å². The minimum atomic E-state index is -0.758. The van der Waals surface area contributed by atoms with Crippen molar-refractivity contribution in [1.82, 2.24) is 20.3 Å². The van der Waals surface area contributed by atoms with Crippen LogP contribution < -0.4 is 10.7 Å². The molecule has 3 aromatic rings. The Morgan fingerprint density at radius 3 is 2.81 bits per heavy atom. The normalized spacial score (nSPS) is 24.8. The van der Waals surface area contributed by atoms with Crippen molar-refractivity contribution in [2.75, 3.05) is 0 Å². The van der Waals surface area contributed by atoms with Crippen LogP contribution >= 0.6 is 0 Å². The first-order chi connectivity index (χ1) is 17.5. The monoisotopic (exact) mass is 489 g/mol. The Kier molecular flexibility index (Phi) is 5.78. The van der Waals surface area contributed by atoms with Crippen molar-refractivity contribution in [3.05, 3.63) is 54.3 Å². The largest absolute Gasteiger partial charge is 0.451 e. The molecule has 1 aliphatic heterocycles. The number of hydrazone groups is 1. The molecule has 36 heavy (non-hydrogen) atoms. The van der Waals surface area contributed by atoms with Crippen molar-refractivity contribution in [2.45, 2.75) is 70.1 Å². The number of rotatable bonds is 7. The van der Waals surface area contributed by atoms with Crippen LogP contribution in [0.1, 0.15) is 68.2 Å². The molecule has 3 heterocycles. The maximum absolute atomic E-state index is 12.7. The average Bonchev–Trinajstić information content (AvgIpc) is 3.38. The molecule has 2 saturated carbocycles. The van der Waals surface area contributed by atoms with Crippen molar-refractivity contribution in [3.63, 3.8) is 0 Å². The third-order valence-electron chi connectivity index (χ3n) is 7.68. The summed E-state index contributed by atoms with van der Waals surface area (Å²) < 4.78 is 13.8. The summed E-state index contributed by atoms with van der Waals surface area (Å²) in [7, 11) is 0. The number of furan rings is 1. The molecule has 9 heteroatoms. The summed E-state index contributed by atoms with van der Waals surface area (Å²) in [6.07, 6.45) is 9.72. The molecule has 2 fully saturated rings. The Bertz CT molecular complexity index is 1280. The van der Waals surface area contributed by atoms with Crippen LogP contribution in [0.3, 0.4) is 0 Å². The third-order valence-corrected chi connectivity index (χ3v) is 7.68. The average molecular weight is 490 g/mol. The zero-order valence-electron chi connectivity index (χ0n) is 20.4. The molecule has 9 nitrogen and oxygen atoms in total. The molecule has 2 N–H and O–H groups in total. The number of imidazole rings is 1. The zero-order valence-corrected chi connectivity index (χ0v) is 20.4. The maximum Gasteiger partial charge on any atom is 0.428 e. The molecule has 2 amide bonds. The van der Waals surface area contributed by atoms with Crippen molar-refractivity contribution in [2.24, 2.45) is 16.9 Å². The molecule has 6 rings (SSSR count). The number of hydrogen-bond donors (Lipinski definition) is 2. The minimum absolute atomic E-state index is 0.00841. The van der Waals surface area contributed by atoms with Crippen LogP contribution in [0.15, 0.2) is 52.2 Å². The third kappa shape index (κ3) is 4.50. The Morgan fingerprint density at radius 2 is 2.03 bits per heavy atom. The summed E-state index contributed by atoms with van der Waals surface area (Å²) in [6.45, 7) is 2.94. The van der Waals surface area contributed by atoms with Crippen LogP contribution in [0.25, 0.3) is 11.0 Å². The second-order valence-electron chi connectivity index (χ2n) is 10.5. The highest BCUT2D eigenvalue weighted by Crippen LogP contribution is 2.41. The Morgan fingerprint density at radius 1 is 1.22 bits per heavy atom. The van der Waals surface area contributed by atoms with Crippen LogP contribution in [0.5, 0.6) is 0 Å². The van der Waals surface area contributed by atoms with Gasteiger partial charge >= 0.3 is 6.09 Å². The first-order valence-corrected chi connectivity index (χ1v) is 12.9. The lowest BCUT2D eigenvalue weighted by Gasteiger charge is -2.41. The first-order valence-electron chi connectivity index (χ1n) is 12.9. The van der Waals surface area contributed by atoms with Gasteiger partial charge in [0.25, 0.3) is 5.91 Å². The van der Waals surface area contributed by atoms with Crippen LogP contribution in [-0.4, -0.2) is 38.9 Å². The number of aromatic nitrogens is 2. The number of hydrogen-bond acceptors (Lipinski definition) is 6. The van der Waals surface area contributed by atoms with Crippen LogP contribution in [-0.2, 0) is 11.3 Å². The second kappa shape index (κ2) is 9.11. The number of fused-ring (bicyclic) bond motifs is 1. The van der Waals surface area contributed by atoms with Gasteiger partial charge < -0.3 is 19.0 Å². The Labute approximate surface area is 209 Å². The van der Waals surface area contributed by atoms with Gasteiger partial charge in [-0.3, -0.25) is 4.79 Å². The Balaban J connectivity index is 1.09. The number of ether oxygens (including phenoxy) is 1. The van der Waals surface area contributed by atoms with Crippen LogP contribution in [0, 0.1) is 11.8 Å². The molecular weight excluding hydrogens is 458 g/mol. The van der Waals surface area contributed by atoms with Gasteiger partial charge in [0.05, 0.1) is 0 Å². The van der Waals surface area contributed by atoms with Crippen molar-refractivity contribution >= 4 is 28.7 Å². The van der Waals surface area contributed by atoms with Gasteiger partial charge in [-0.05, 0) is 75.8 Å². The number of amides is 2. The molecule has 0 bridgehead atoms. The number of carbonyl (C=O) groups is 2. The number of nitrogens with one attached hydrogen (secondary N) is 2. The van der Waals surface area contributed by atoms with Crippen molar-refractivity contribution in [3.8, 4) is 0 Å². The molecule has 0 radical (unpaired) electrons. The van der Waals surface area contributed by atoms with E-state index in [0.29, 0.717) is 36.0 Å². The molecule has 3 aliphatic rings. The highest BCUT2D eigenvalue weighted by molar-refractivity contribution is 6.06. The van der Waals surface area contributed by atoms with E-state index >= 15 is 0 Å². The standard InChI is InChI=1S/C27H31N5O4/c1-17(29-25(33)22-15-20-4-2-3-5-21(20)35-22)14-18-8-10-27(11-9-18)23(30-31-26(34)36-27)24-28-12-13-32(24)16-19-6-7-19/h2-5,12-13,15,17-19H,6-11,14,16H2,1H3,(H,29,33)(H,31,34)/t17-,18?,27?/m0/s1. The van der Waals surface area contributed by atoms with Gasteiger partial charge in [0.1, 0.15) is 11.3 Å². The molecule has 0 saturated heterocycles. The fourth-order valence-corrected chi connectivity index (χ4v) is 5.62. The van der Waals surface area contributed by atoms with Gasteiger partial charge in [-0.1, -0.05) is 18.2 Å². The smallest absolute Gasteiger partial charge is 0.428 e. The predicted octanol–water partition coefficient (Wildman–Crippen LogP) is 4.62. The van der Waals surface area contributed by atoms with Crippen LogP contribution in [0.2, 0.25) is 0 Å². The van der Waals surface area contributed by atoms with E-state index in [1.54, 1.807) is 12.3 Å². The fraction of sp³-hybridized carbons (Fsp3) is 0.481. The highest BCUT2D eigenvalue weighted by atomic mass is 16.6. The first kappa shape index (κ1) is 22.8. The van der Waals surface area contributed by atoms with E-state index in [4.69, 9.17) is 9.15 Å². The van der Waals surface area contributed by atoms with Crippen molar-refractivity contribution in [1.29, 1.82) is 0 Å². The van der Waals surface area contributed by atoms with Gasteiger partial charge in [0.15, 0.2) is 17.2 Å². The van der Waals surface area contributed by atoms with Gasteiger partial charge in [-0.2, -0.15) is 5.10 Å². The summed E-state index contributed by atoms with van der Waals surface area (Å²) >= 11 is 0. The molecule has 188 valence electrons. The number of nitrogens with zero attached hydrogens (tertiary/aromatic N) is 3. The van der Waals surface area contributed by atoms with Gasteiger partial charge in [0.2, 0.25) is 0 Å². The zero-order chi connectivity index (χ0) is 24.7. The summed E-state index contributed by atoms with van der Waals surface area (Å²) in [4.78, 5) is 29.5. The lowest BCUT2D eigenvalue weighted by atomic mass is 9.74. The Hall–Kier alpha value is -3.62. The maximum atomic E-state index is 12.7. The second-order valence-corrected chi connectivity index (χ2v) is 10.5. The van der Waals surface area contributed by atoms with Gasteiger partial charge in [0, 0.05) is 30.4 Å². The lowest BCUT2D eigenvalue weighted by molar-refractivity contribution is 0.0149. The molecule has 1 spiro atoms. The number of para-hydroxylation sites is 1. The topological polar surface area (TPSA) is 111 Å². The van der Waals surface area contributed by atoms with Gasteiger partial charge in [-0.15, -0.1) is 0 Å². The molecule has 0 unspecified atom stereocenters. The van der Waals surface area contributed by atoms with E-state index in [1.807, 2.05) is 37.4 Å². The van der Waals surface area contributed by atoms with E-state index in [9.17, 15) is 9.59 Å². The molecule has 2 aliphatic carbocycles.